The lowest BCUT2D eigenvalue weighted by molar-refractivity contribution is 0.603. The van der Waals surface area contributed by atoms with Crippen molar-refractivity contribution in [3.05, 3.63) is 76.3 Å². The predicted molar refractivity (Wildman–Crippen MR) is 106 cm³/mol. The summed E-state index contributed by atoms with van der Waals surface area (Å²) in [6, 6.07) is 16.7. The van der Waals surface area contributed by atoms with E-state index in [1.807, 2.05) is 30.3 Å². The van der Waals surface area contributed by atoms with Gasteiger partial charge in [0.2, 0.25) is 9.84 Å². The molecule has 4 rings (SSSR count). The van der Waals surface area contributed by atoms with E-state index in [2.05, 4.69) is 10.2 Å². The van der Waals surface area contributed by atoms with Gasteiger partial charge in [0, 0.05) is 16.0 Å². The van der Waals surface area contributed by atoms with Crippen LogP contribution in [0.1, 0.15) is 5.56 Å². The van der Waals surface area contributed by atoms with E-state index in [9.17, 15) is 13.7 Å². The Morgan fingerprint density at radius 1 is 1.18 bits per heavy atom. The topological polar surface area (TPSA) is 99.8 Å². The molecule has 0 saturated carbocycles. The van der Waals surface area contributed by atoms with Crippen molar-refractivity contribution in [1.82, 2.24) is 10.2 Å². The number of nitriles is 1. The van der Waals surface area contributed by atoms with Gasteiger partial charge in [0.15, 0.2) is 5.76 Å². The lowest BCUT2D eigenvalue weighted by Crippen LogP contribution is -2.03. The zero-order chi connectivity index (χ0) is 19.7. The Morgan fingerprint density at radius 3 is 2.64 bits per heavy atom. The third-order valence-corrected chi connectivity index (χ3v) is 6.08. The number of sulfone groups is 1. The number of nitrogens with one attached hydrogen (secondary N) is 1. The average Bonchev–Trinajstić information content (AvgIpc) is 3.32. The maximum atomic E-state index is 12.8. The minimum Gasteiger partial charge on any atom is -0.454 e. The summed E-state index contributed by atoms with van der Waals surface area (Å²) in [6.45, 7) is 0. The summed E-state index contributed by atoms with van der Waals surface area (Å²) in [5.74, 6) is 0.492. The van der Waals surface area contributed by atoms with E-state index < -0.39 is 14.7 Å². The Morgan fingerprint density at radius 2 is 1.93 bits per heavy atom. The van der Waals surface area contributed by atoms with Crippen LogP contribution in [0.3, 0.4) is 0 Å². The number of halogens is 1. The summed E-state index contributed by atoms with van der Waals surface area (Å²) in [7, 11) is -4.00. The fourth-order valence-corrected chi connectivity index (χ4v) is 4.04. The fourth-order valence-electron chi connectivity index (χ4n) is 2.76. The Hall–Kier alpha value is -3.34. The van der Waals surface area contributed by atoms with Gasteiger partial charge < -0.3 is 4.42 Å². The molecule has 28 heavy (non-hydrogen) atoms. The highest BCUT2D eigenvalue weighted by atomic mass is 35.5. The van der Waals surface area contributed by atoms with E-state index in [-0.39, 0.29) is 4.90 Å². The summed E-state index contributed by atoms with van der Waals surface area (Å²) in [5, 5.41) is 17.6. The SMILES string of the molecule is N#CC(=Cc1cn[nH]c1-c1cc2ccccc2o1)S(=O)(=O)c1ccc(Cl)cc1. The average molecular weight is 410 g/mol. The normalized spacial score (nSPS) is 12.2. The number of nitrogens with zero attached hydrogens (tertiary/aromatic N) is 2. The standard InChI is InChI=1S/C20H12ClN3O3S/c21-15-5-7-16(8-6-15)28(25,26)17(11-22)9-14-12-23-24-20(14)19-10-13-3-1-2-4-18(13)27-19/h1-10,12H,(H,23,24). The molecule has 0 bridgehead atoms. The summed E-state index contributed by atoms with van der Waals surface area (Å²) >= 11 is 5.82. The van der Waals surface area contributed by atoms with Crippen LogP contribution in [0, 0.1) is 11.3 Å². The lowest BCUT2D eigenvalue weighted by atomic mass is 10.2. The van der Waals surface area contributed by atoms with Gasteiger partial charge in [0.25, 0.3) is 0 Å². The van der Waals surface area contributed by atoms with Crippen molar-refractivity contribution >= 4 is 38.5 Å². The molecule has 0 fully saturated rings. The largest absolute Gasteiger partial charge is 0.454 e. The molecule has 2 heterocycles. The second-order valence-corrected chi connectivity index (χ2v) is 8.28. The number of para-hydroxylation sites is 1. The number of hydrogen-bond acceptors (Lipinski definition) is 5. The van der Waals surface area contributed by atoms with E-state index in [0.717, 1.165) is 5.39 Å². The van der Waals surface area contributed by atoms with Crippen molar-refractivity contribution in [1.29, 1.82) is 5.26 Å². The number of allylic oxidation sites excluding steroid dienone is 1. The molecule has 0 spiro atoms. The molecule has 8 heteroatoms. The third kappa shape index (κ3) is 3.20. The van der Waals surface area contributed by atoms with E-state index in [4.69, 9.17) is 16.0 Å². The molecule has 0 radical (unpaired) electrons. The van der Waals surface area contributed by atoms with Crippen LogP contribution >= 0.6 is 11.6 Å². The third-order valence-electron chi connectivity index (χ3n) is 4.15. The molecule has 0 aliphatic carbocycles. The van der Waals surface area contributed by atoms with Crippen molar-refractivity contribution in [2.45, 2.75) is 4.90 Å². The monoisotopic (exact) mass is 409 g/mol. The van der Waals surface area contributed by atoms with Crippen LogP contribution in [-0.2, 0) is 9.84 Å². The first kappa shape index (κ1) is 18.0. The van der Waals surface area contributed by atoms with Gasteiger partial charge in [-0.05, 0) is 42.5 Å². The van der Waals surface area contributed by atoms with E-state index in [0.29, 0.717) is 27.6 Å². The Balaban J connectivity index is 1.79. The van der Waals surface area contributed by atoms with Gasteiger partial charge in [-0.15, -0.1) is 0 Å². The zero-order valence-corrected chi connectivity index (χ0v) is 15.8. The number of furan rings is 1. The molecule has 0 amide bonds. The summed E-state index contributed by atoms with van der Waals surface area (Å²) < 4.78 is 31.4. The molecule has 0 aliphatic rings. The number of benzene rings is 2. The molecular formula is C20H12ClN3O3S. The van der Waals surface area contributed by atoms with E-state index in [1.54, 1.807) is 6.07 Å². The van der Waals surface area contributed by atoms with E-state index in [1.165, 1.54) is 36.5 Å². The van der Waals surface area contributed by atoms with Gasteiger partial charge in [-0.25, -0.2) is 8.42 Å². The minimum absolute atomic E-state index is 0.0153. The van der Waals surface area contributed by atoms with Crippen molar-refractivity contribution in [2.24, 2.45) is 0 Å². The quantitative estimate of drug-likeness (QED) is 0.487. The second kappa shape index (κ2) is 7.00. The van der Waals surface area contributed by atoms with Crippen LogP contribution in [-0.4, -0.2) is 18.6 Å². The molecule has 4 aromatic rings. The van der Waals surface area contributed by atoms with Crippen LogP contribution in [0.25, 0.3) is 28.5 Å². The van der Waals surface area contributed by atoms with Crippen molar-refractivity contribution in [3.8, 4) is 17.5 Å². The first-order chi connectivity index (χ1) is 13.5. The summed E-state index contributed by atoms with van der Waals surface area (Å²) in [5.41, 5.74) is 1.60. The highest BCUT2D eigenvalue weighted by Crippen LogP contribution is 2.31. The van der Waals surface area contributed by atoms with Gasteiger partial charge in [0.05, 0.1) is 11.1 Å². The van der Waals surface area contributed by atoms with E-state index >= 15 is 0 Å². The maximum Gasteiger partial charge on any atom is 0.216 e. The van der Waals surface area contributed by atoms with Crippen LogP contribution in [0.5, 0.6) is 0 Å². The Kier molecular flexibility index (Phi) is 4.51. The first-order valence-electron chi connectivity index (χ1n) is 8.14. The van der Waals surface area contributed by atoms with Gasteiger partial charge in [-0.1, -0.05) is 29.8 Å². The molecule has 138 valence electrons. The lowest BCUT2D eigenvalue weighted by Gasteiger charge is -2.03. The van der Waals surface area contributed by atoms with Gasteiger partial charge >= 0.3 is 0 Å². The number of aromatic amines is 1. The van der Waals surface area contributed by atoms with Crippen LogP contribution in [0.4, 0.5) is 0 Å². The second-order valence-electron chi connectivity index (χ2n) is 5.93. The molecular weight excluding hydrogens is 398 g/mol. The summed E-state index contributed by atoms with van der Waals surface area (Å²) in [6.07, 6.45) is 2.72. The van der Waals surface area contributed by atoms with Crippen molar-refractivity contribution in [2.75, 3.05) is 0 Å². The highest BCUT2D eigenvalue weighted by Gasteiger charge is 2.22. The number of rotatable bonds is 4. The molecule has 0 saturated heterocycles. The Bertz CT molecular complexity index is 1310. The number of H-pyrrole nitrogens is 1. The van der Waals surface area contributed by atoms with Crippen LogP contribution < -0.4 is 0 Å². The molecule has 2 aromatic carbocycles. The molecule has 0 unspecified atom stereocenters. The number of fused-ring (bicyclic) bond motifs is 1. The molecule has 1 N–H and O–H groups in total. The van der Waals surface area contributed by atoms with Gasteiger partial charge in [-0.2, -0.15) is 10.4 Å². The summed E-state index contributed by atoms with van der Waals surface area (Å²) in [4.78, 5) is -0.424. The van der Waals surface area contributed by atoms with Crippen molar-refractivity contribution in [3.63, 3.8) is 0 Å². The number of hydrogen-bond donors (Lipinski definition) is 1. The fraction of sp³-hybridized carbons (Fsp3) is 0. The predicted octanol–water partition coefficient (Wildman–Crippen LogP) is 4.81. The number of aromatic nitrogens is 2. The minimum atomic E-state index is -4.00. The van der Waals surface area contributed by atoms with Gasteiger partial charge in [0.1, 0.15) is 22.3 Å². The zero-order valence-electron chi connectivity index (χ0n) is 14.3. The van der Waals surface area contributed by atoms with Crippen molar-refractivity contribution < 1.29 is 12.8 Å². The maximum absolute atomic E-state index is 12.8. The Labute approximate surface area is 165 Å². The molecule has 6 nitrogen and oxygen atoms in total. The van der Waals surface area contributed by atoms with Gasteiger partial charge in [-0.3, -0.25) is 5.10 Å². The molecule has 0 aliphatic heterocycles. The molecule has 2 aromatic heterocycles. The molecule has 0 atom stereocenters. The first-order valence-corrected chi connectivity index (χ1v) is 10.00. The smallest absolute Gasteiger partial charge is 0.216 e. The van der Waals surface area contributed by atoms with Crippen LogP contribution in [0.2, 0.25) is 5.02 Å². The highest BCUT2D eigenvalue weighted by molar-refractivity contribution is 7.95. The van der Waals surface area contributed by atoms with Crippen LogP contribution in [0.15, 0.2) is 75.0 Å².